The summed E-state index contributed by atoms with van der Waals surface area (Å²) in [6, 6.07) is 0.427. The molecule has 0 aromatic rings. The van der Waals surface area contributed by atoms with Crippen LogP contribution in [0.15, 0.2) is 0 Å². The first-order valence-electron chi connectivity index (χ1n) is 6.38. The Balaban J connectivity index is 2.24. The number of amides is 2. The second-order valence-corrected chi connectivity index (χ2v) is 4.71. The van der Waals surface area contributed by atoms with Crippen LogP contribution in [0.3, 0.4) is 0 Å². The Morgan fingerprint density at radius 3 is 2.50 bits per heavy atom. The molecular formula is C12H22N2O4. The van der Waals surface area contributed by atoms with Gasteiger partial charge in [-0.15, -0.1) is 0 Å². The maximum absolute atomic E-state index is 12.0. The van der Waals surface area contributed by atoms with Crippen LogP contribution in [0.25, 0.3) is 0 Å². The van der Waals surface area contributed by atoms with Gasteiger partial charge >= 0.3 is 12.0 Å². The number of carboxylic acids is 1. The van der Waals surface area contributed by atoms with Gasteiger partial charge in [0.2, 0.25) is 0 Å². The normalized spacial score (nSPS) is 23.8. The number of nitrogens with one attached hydrogen (secondary N) is 1. The van der Waals surface area contributed by atoms with E-state index < -0.39 is 5.97 Å². The van der Waals surface area contributed by atoms with Crippen molar-refractivity contribution >= 4 is 12.0 Å². The van der Waals surface area contributed by atoms with Crippen molar-refractivity contribution in [2.24, 2.45) is 0 Å². The third-order valence-electron chi connectivity index (χ3n) is 3.18. The second-order valence-electron chi connectivity index (χ2n) is 4.71. The summed E-state index contributed by atoms with van der Waals surface area (Å²) in [6.45, 7) is 4.33. The van der Waals surface area contributed by atoms with Gasteiger partial charge in [0.25, 0.3) is 0 Å². The molecule has 0 spiro atoms. The minimum absolute atomic E-state index is 0.0892. The van der Waals surface area contributed by atoms with Crippen LogP contribution in [0.5, 0.6) is 0 Å². The first kappa shape index (κ1) is 14.8. The van der Waals surface area contributed by atoms with Gasteiger partial charge in [0.1, 0.15) is 6.61 Å². The molecule has 6 nitrogen and oxygen atoms in total. The molecular weight excluding hydrogens is 236 g/mol. The molecule has 1 rings (SSSR count). The minimum atomic E-state index is -1.00. The highest BCUT2D eigenvalue weighted by atomic mass is 16.5. The van der Waals surface area contributed by atoms with Crippen LogP contribution in [-0.2, 0) is 9.53 Å². The van der Waals surface area contributed by atoms with Crippen LogP contribution in [0.4, 0.5) is 4.79 Å². The van der Waals surface area contributed by atoms with Gasteiger partial charge < -0.3 is 20.1 Å². The SMILES string of the molecule is C[C@@H]1CCC[C@H](C)N1C(=O)NCCOCC(=O)O. The fraction of sp³-hybridized carbons (Fsp3) is 0.833. The maximum Gasteiger partial charge on any atom is 0.329 e. The number of nitrogens with zero attached hydrogens (tertiary/aromatic N) is 1. The third kappa shape index (κ3) is 4.52. The van der Waals surface area contributed by atoms with Gasteiger partial charge in [-0.2, -0.15) is 0 Å². The highest BCUT2D eigenvalue weighted by Gasteiger charge is 2.28. The summed E-state index contributed by atoms with van der Waals surface area (Å²) >= 11 is 0. The first-order valence-corrected chi connectivity index (χ1v) is 6.38. The minimum Gasteiger partial charge on any atom is -0.480 e. The molecule has 6 heteroatoms. The van der Waals surface area contributed by atoms with Crippen molar-refractivity contribution in [3.05, 3.63) is 0 Å². The van der Waals surface area contributed by atoms with E-state index in [1.165, 1.54) is 0 Å². The number of piperidine rings is 1. The van der Waals surface area contributed by atoms with Crippen LogP contribution in [0, 0.1) is 0 Å². The summed E-state index contributed by atoms with van der Waals surface area (Å²) in [6.07, 6.45) is 3.23. The van der Waals surface area contributed by atoms with Crippen molar-refractivity contribution in [1.29, 1.82) is 0 Å². The number of carbonyl (C=O) groups excluding carboxylic acids is 1. The Hall–Kier alpha value is -1.30. The van der Waals surface area contributed by atoms with E-state index in [9.17, 15) is 9.59 Å². The van der Waals surface area contributed by atoms with E-state index >= 15 is 0 Å². The largest absolute Gasteiger partial charge is 0.480 e. The van der Waals surface area contributed by atoms with Gasteiger partial charge in [-0.05, 0) is 33.1 Å². The average Bonchev–Trinajstić information content (AvgIpc) is 2.27. The summed E-state index contributed by atoms with van der Waals surface area (Å²) in [7, 11) is 0. The number of likely N-dealkylation sites (tertiary alicyclic amines) is 1. The molecule has 2 amide bonds. The zero-order chi connectivity index (χ0) is 13.5. The monoisotopic (exact) mass is 258 g/mol. The Labute approximate surface area is 107 Å². The second kappa shape index (κ2) is 7.20. The number of ether oxygens (including phenoxy) is 1. The predicted octanol–water partition coefficient (Wildman–Crippen LogP) is 1.06. The summed E-state index contributed by atoms with van der Waals surface area (Å²) in [4.78, 5) is 24.0. The van der Waals surface area contributed by atoms with Gasteiger partial charge in [-0.1, -0.05) is 0 Å². The molecule has 0 aromatic heterocycles. The van der Waals surface area contributed by atoms with Gasteiger partial charge in [-0.25, -0.2) is 9.59 Å². The molecule has 1 fully saturated rings. The average molecular weight is 258 g/mol. The van der Waals surface area contributed by atoms with E-state index in [1.54, 1.807) is 0 Å². The Bertz CT molecular complexity index is 286. The van der Waals surface area contributed by atoms with Crippen LogP contribution < -0.4 is 5.32 Å². The Kier molecular flexibility index (Phi) is 5.91. The van der Waals surface area contributed by atoms with Crippen molar-refractivity contribution < 1.29 is 19.4 Å². The van der Waals surface area contributed by atoms with Crippen LogP contribution >= 0.6 is 0 Å². The lowest BCUT2D eigenvalue weighted by molar-refractivity contribution is -0.142. The molecule has 18 heavy (non-hydrogen) atoms. The quantitative estimate of drug-likeness (QED) is 0.723. The molecule has 104 valence electrons. The summed E-state index contributed by atoms with van der Waals surface area (Å²) in [5.41, 5.74) is 0. The van der Waals surface area contributed by atoms with Crippen LogP contribution in [-0.4, -0.2) is 53.8 Å². The molecule has 2 atom stereocenters. The van der Waals surface area contributed by atoms with Crippen LogP contribution in [0.1, 0.15) is 33.1 Å². The summed E-state index contributed by atoms with van der Waals surface area (Å²) in [5.74, 6) is -1.00. The fourth-order valence-electron chi connectivity index (χ4n) is 2.30. The topological polar surface area (TPSA) is 78.9 Å². The fourth-order valence-corrected chi connectivity index (χ4v) is 2.30. The molecule has 0 aliphatic carbocycles. The molecule has 1 heterocycles. The third-order valence-corrected chi connectivity index (χ3v) is 3.18. The van der Waals surface area contributed by atoms with E-state index in [-0.39, 0.29) is 31.3 Å². The van der Waals surface area contributed by atoms with E-state index in [1.807, 2.05) is 4.90 Å². The van der Waals surface area contributed by atoms with Gasteiger partial charge in [0.15, 0.2) is 0 Å². The van der Waals surface area contributed by atoms with Crippen molar-refractivity contribution in [2.45, 2.75) is 45.2 Å². The molecule has 1 saturated heterocycles. The van der Waals surface area contributed by atoms with Gasteiger partial charge in [0.05, 0.1) is 6.61 Å². The van der Waals surface area contributed by atoms with E-state index in [0.717, 1.165) is 19.3 Å². The summed E-state index contributed by atoms with van der Waals surface area (Å²) < 4.78 is 4.85. The number of rotatable bonds is 5. The number of urea groups is 1. The number of hydrogen-bond acceptors (Lipinski definition) is 3. The molecule has 0 unspecified atom stereocenters. The molecule has 1 aliphatic rings. The van der Waals surface area contributed by atoms with Crippen LogP contribution in [0.2, 0.25) is 0 Å². The number of carboxylic acid groups (broad SMARTS) is 1. The number of aliphatic carboxylic acids is 1. The smallest absolute Gasteiger partial charge is 0.329 e. The number of hydrogen-bond donors (Lipinski definition) is 2. The Morgan fingerprint density at radius 2 is 1.94 bits per heavy atom. The Morgan fingerprint density at radius 1 is 1.33 bits per heavy atom. The highest BCUT2D eigenvalue weighted by molar-refractivity contribution is 5.75. The number of carbonyl (C=O) groups is 2. The van der Waals surface area contributed by atoms with E-state index in [2.05, 4.69) is 19.2 Å². The zero-order valence-corrected chi connectivity index (χ0v) is 11.0. The lowest BCUT2D eigenvalue weighted by Crippen LogP contribution is -2.52. The van der Waals surface area contributed by atoms with Crippen molar-refractivity contribution in [2.75, 3.05) is 19.8 Å². The molecule has 2 N–H and O–H groups in total. The van der Waals surface area contributed by atoms with Crippen molar-refractivity contribution in [1.82, 2.24) is 10.2 Å². The van der Waals surface area contributed by atoms with Crippen molar-refractivity contribution in [3.8, 4) is 0 Å². The van der Waals surface area contributed by atoms with E-state index in [4.69, 9.17) is 9.84 Å². The van der Waals surface area contributed by atoms with E-state index in [0.29, 0.717) is 6.54 Å². The maximum atomic E-state index is 12.0. The highest BCUT2D eigenvalue weighted by Crippen LogP contribution is 2.22. The lowest BCUT2D eigenvalue weighted by Gasteiger charge is -2.38. The zero-order valence-electron chi connectivity index (χ0n) is 11.0. The van der Waals surface area contributed by atoms with Crippen molar-refractivity contribution in [3.63, 3.8) is 0 Å². The summed E-state index contributed by atoms with van der Waals surface area (Å²) in [5, 5.41) is 11.1. The molecule has 0 aromatic carbocycles. The predicted molar refractivity (Wildman–Crippen MR) is 66.5 cm³/mol. The lowest BCUT2D eigenvalue weighted by atomic mass is 9.98. The molecule has 1 aliphatic heterocycles. The molecule has 0 radical (unpaired) electrons. The van der Waals surface area contributed by atoms with Gasteiger partial charge in [-0.3, -0.25) is 0 Å². The molecule has 0 bridgehead atoms. The first-order chi connectivity index (χ1) is 8.52. The van der Waals surface area contributed by atoms with Gasteiger partial charge in [0, 0.05) is 18.6 Å². The standard InChI is InChI=1S/C12H22N2O4/c1-9-4-3-5-10(2)14(9)12(17)13-6-7-18-8-11(15)16/h9-10H,3-8H2,1-2H3,(H,13,17)(H,15,16)/t9-,10+. The molecule has 0 saturated carbocycles.